The molecule has 4 nitrogen and oxygen atoms in total. The van der Waals surface area contributed by atoms with Crippen molar-refractivity contribution in [1.29, 1.82) is 0 Å². The number of carbonyl (C=O) groups excluding carboxylic acids is 1. The van der Waals surface area contributed by atoms with Gasteiger partial charge in [0.05, 0.1) is 18.8 Å². The highest BCUT2D eigenvalue weighted by molar-refractivity contribution is 5.76. The molecule has 3 N–H and O–H groups in total. The second kappa shape index (κ2) is 53.0. The van der Waals surface area contributed by atoms with Gasteiger partial charge >= 0.3 is 0 Å². The molecule has 2 unspecified atom stereocenters. The largest absolute Gasteiger partial charge is 0.394 e. The predicted octanol–water partition coefficient (Wildman–Crippen LogP) is 18.1. The number of nitrogens with one attached hydrogen (secondary N) is 1. The normalized spacial score (nSPS) is 13.0. The Hall–Kier alpha value is -1.39. The maximum absolute atomic E-state index is 12.4. The Bertz CT molecular complexity index is 928. The standard InChI is InChI=1S/C57H109NO3/c1-3-5-7-9-11-13-15-17-18-19-20-21-22-23-24-25-26-27-28-29-30-31-32-33-34-35-36-37-38-39-40-41-43-45-47-49-51-53-57(61)58-55(54-59)56(60)52-50-48-46-44-42-16-14-12-10-8-6-4-2/h15,17,19-20,50,52,55-56,59-60H,3-14,16,18,21-49,51,53-54H2,1-2H3,(H,58,61)/b17-15-,20-19-,52-50+. The summed E-state index contributed by atoms with van der Waals surface area (Å²) < 4.78 is 0. The Morgan fingerprint density at radius 1 is 0.393 bits per heavy atom. The second-order valence-electron chi connectivity index (χ2n) is 19.0. The molecule has 0 fully saturated rings. The Labute approximate surface area is 382 Å². The quantitative estimate of drug-likeness (QED) is 0.0422. The lowest BCUT2D eigenvalue weighted by molar-refractivity contribution is -0.123. The number of aliphatic hydroxyl groups is 2. The third-order valence-electron chi connectivity index (χ3n) is 12.9. The van der Waals surface area contributed by atoms with Crippen LogP contribution in [-0.2, 0) is 4.79 Å². The van der Waals surface area contributed by atoms with E-state index in [0.29, 0.717) is 6.42 Å². The average molecular weight is 857 g/mol. The highest BCUT2D eigenvalue weighted by Gasteiger charge is 2.18. The molecule has 0 aliphatic heterocycles. The van der Waals surface area contributed by atoms with Crippen LogP contribution in [0.3, 0.4) is 0 Å². The Balaban J connectivity index is 3.38. The van der Waals surface area contributed by atoms with Crippen LogP contribution in [0.4, 0.5) is 0 Å². The lowest BCUT2D eigenvalue weighted by Crippen LogP contribution is -2.45. The molecule has 0 aromatic heterocycles. The summed E-state index contributed by atoms with van der Waals surface area (Å²) >= 11 is 0. The summed E-state index contributed by atoms with van der Waals surface area (Å²) in [5, 5.41) is 23.0. The van der Waals surface area contributed by atoms with Gasteiger partial charge in [-0.3, -0.25) is 4.79 Å². The molecule has 4 heteroatoms. The van der Waals surface area contributed by atoms with E-state index in [1.165, 1.54) is 250 Å². The smallest absolute Gasteiger partial charge is 0.220 e. The van der Waals surface area contributed by atoms with Crippen LogP contribution in [0.25, 0.3) is 0 Å². The molecule has 0 spiro atoms. The van der Waals surface area contributed by atoms with E-state index in [2.05, 4.69) is 43.5 Å². The zero-order valence-electron chi connectivity index (χ0n) is 41.4. The Morgan fingerprint density at radius 2 is 0.672 bits per heavy atom. The molecule has 0 aromatic carbocycles. The second-order valence-corrected chi connectivity index (χ2v) is 19.0. The number of carbonyl (C=O) groups is 1. The van der Waals surface area contributed by atoms with Crippen LogP contribution in [0.2, 0.25) is 0 Å². The van der Waals surface area contributed by atoms with Gasteiger partial charge in [0.1, 0.15) is 0 Å². The molecule has 360 valence electrons. The maximum atomic E-state index is 12.4. The first-order valence-corrected chi connectivity index (χ1v) is 27.7. The minimum Gasteiger partial charge on any atom is -0.394 e. The Kier molecular flexibility index (Phi) is 51.7. The molecule has 0 bridgehead atoms. The monoisotopic (exact) mass is 856 g/mol. The molecule has 2 atom stereocenters. The number of hydrogen-bond acceptors (Lipinski definition) is 3. The first-order valence-electron chi connectivity index (χ1n) is 27.7. The maximum Gasteiger partial charge on any atom is 0.220 e. The van der Waals surface area contributed by atoms with Crippen molar-refractivity contribution in [2.24, 2.45) is 0 Å². The van der Waals surface area contributed by atoms with Gasteiger partial charge in [-0.1, -0.05) is 281 Å². The van der Waals surface area contributed by atoms with Crippen molar-refractivity contribution in [3.8, 4) is 0 Å². The van der Waals surface area contributed by atoms with E-state index in [0.717, 1.165) is 32.1 Å². The van der Waals surface area contributed by atoms with Gasteiger partial charge in [-0.15, -0.1) is 0 Å². The van der Waals surface area contributed by atoms with Gasteiger partial charge in [0.15, 0.2) is 0 Å². The summed E-state index contributed by atoms with van der Waals surface area (Å²) in [6.07, 6.45) is 71.8. The van der Waals surface area contributed by atoms with Gasteiger partial charge in [-0.2, -0.15) is 0 Å². The molecule has 61 heavy (non-hydrogen) atoms. The average Bonchev–Trinajstić information content (AvgIpc) is 3.26. The van der Waals surface area contributed by atoms with Crippen LogP contribution >= 0.6 is 0 Å². The molecular weight excluding hydrogens is 747 g/mol. The number of amides is 1. The third kappa shape index (κ3) is 49.5. The van der Waals surface area contributed by atoms with Crippen molar-refractivity contribution in [1.82, 2.24) is 5.32 Å². The minimum absolute atomic E-state index is 0.0600. The van der Waals surface area contributed by atoms with Crippen molar-refractivity contribution in [3.63, 3.8) is 0 Å². The summed E-state index contributed by atoms with van der Waals surface area (Å²) in [6, 6.07) is -0.618. The SMILES string of the molecule is CCCCCCC/C=C\C/C=C\CCCCCCCCCCCCCCCCCCCCCCCCCCCC(=O)NC(CO)C(O)/C=C/CCCCCCCCCCCC. The van der Waals surface area contributed by atoms with E-state index in [1.54, 1.807) is 6.08 Å². The fourth-order valence-electron chi connectivity index (χ4n) is 8.62. The zero-order chi connectivity index (χ0) is 44.2. The molecule has 0 aliphatic carbocycles. The van der Waals surface area contributed by atoms with E-state index < -0.39 is 12.1 Å². The number of unbranched alkanes of at least 4 members (excludes halogenated alkanes) is 40. The van der Waals surface area contributed by atoms with Crippen molar-refractivity contribution in [3.05, 3.63) is 36.5 Å². The highest BCUT2D eigenvalue weighted by Crippen LogP contribution is 2.17. The third-order valence-corrected chi connectivity index (χ3v) is 12.9. The Morgan fingerprint density at radius 3 is 0.984 bits per heavy atom. The van der Waals surface area contributed by atoms with Gasteiger partial charge in [0.25, 0.3) is 0 Å². The number of allylic oxidation sites excluding steroid dienone is 5. The van der Waals surface area contributed by atoms with Crippen LogP contribution in [0.5, 0.6) is 0 Å². The molecule has 0 rings (SSSR count). The predicted molar refractivity (Wildman–Crippen MR) is 272 cm³/mol. The lowest BCUT2D eigenvalue weighted by atomic mass is 10.0. The summed E-state index contributed by atoms with van der Waals surface area (Å²) in [7, 11) is 0. The topological polar surface area (TPSA) is 69.6 Å². The fraction of sp³-hybridized carbons (Fsp3) is 0.877. The van der Waals surface area contributed by atoms with Crippen LogP contribution in [0, 0.1) is 0 Å². The highest BCUT2D eigenvalue weighted by atomic mass is 16.3. The van der Waals surface area contributed by atoms with Crippen LogP contribution in [0.1, 0.15) is 303 Å². The van der Waals surface area contributed by atoms with E-state index in [-0.39, 0.29) is 12.5 Å². The molecule has 0 saturated carbocycles. The molecule has 0 saturated heterocycles. The fourth-order valence-corrected chi connectivity index (χ4v) is 8.62. The number of aliphatic hydroxyl groups excluding tert-OH is 2. The molecule has 0 aliphatic rings. The van der Waals surface area contributed by atoms with Crippen LogP contribution < -0.4 is 5.32 Å². The van der Waals surface area contributed by atoms with Crippen molar-refractivity contribution in [2.75, 3.05) is 6.61 Å². The van der Waals surface area contributed by atoms with Crippen LogP contribution in [-0.4, -0.2) is 34.9 Å². The summed E-state index contributed by atoms with van der Waals surface area (Å²) in [4.78, 5) is 12.4. The summed E-state index contributed by atoms with van der Waals surface area (Å²) in [5.74, 6) is -0.0600. The molecule has 0 radical (unpaired) electrons. The molecule has 0 heterocycles. The number of rotatable bonds is 51. The van der Waals surface area contributed by atoms with Gasteiger partial charge < -0.3 is 15.5 Å². The van der Waals surface area contributed by atoms with Gasteiger partial charge in [0.2, 0.25) is 5.91 Å². The van der Waals surface area contributed by atoms with E-state index in [4.69, 9.17) is 0 Å². The lowest BCUT2D eigenvalue weighted by Gasteiger charge is -2.20. The van der Waals surface area contributed by atoms with Gasteiger partial charge in [-0.25, -0.2) is 0 Å². The van der Waals surface area contributed by atoms with E-state index in [1.807, 2.05) is 6.08 Å². The van der Waals surface area contributed by atoms with E-state index >= 15 is 0 Å². The number of hydrogen-bond donors (Lipinski definition) is 3. The van der Waals surface area contributed by atoms with Gasteiger partial charge in [-0.05, 0) is 51.4 Å². The van der Waals surface area contributed by atoms with Gasteiger partial charge in [0, 0.05) is 6.42 Å². The molecular formula is C57H109NO3. The van der Waals surface area contributed by atoms with Crippen molar-refractivity contribution >= 4 is 5.91 Å². The summed E-state index contributed by atoms with van der Waals surface area (Å²) in [6.45, 7) is 4.31. The molecule has 0 aromatic rings. The first kappa shape index (κ1) is 59.6. The first-order chi connectivity index (χ1) is 30.2. The summed E-state index contributed by atoms with van der Waals surface area (Å²) in [5.41, 5.74) is 0. The minimum atomic E-state index is -0.835. The van der Waals surface area contributed by atoms with Crippen LogP contribution in [0.15, 0.2) is 36.5 Å². The van der Waals surface area contributed by atoms with Crippen molar-refractivity contribution < 1.29 is 15.0 Å². The molecule has 1 amide bonds. The van der Waals surface area contributed by atoms with E-state index in [9.17, 15) is 15.0 Å². The zero-order valence-corrected chi connectivity index (χ0v) is 41.4. The van der Waals surface area contributed by atoms with Crippen molar-refractivity contribution in [2.45, 2.75) is 315 Å².